The first kappa shape index (κ1) is 27.0. The summed E-state index contributed by atoms with van der Waals surface area (Å²) in [5, 5.41) is 20.6. The van der Waals surface area contributed by atoms with E-state index in [9.17, 15) is 14.7 Å². The van der Waals surface area contributed by atoms with E-state index in [0.29, 0.717) is 30.9 Å². The molecule has 1 aromatic rings. The molecule has 1 aliphatic rings. The molecule has 2 amide bonds. The molecule has 1 aromatic heterocycles. The van der Waals surface area contributed by atoms with Gasteiger partial charge in [0.05, 0.1) is 5.60 Å². The summed E-state index contributed by atoms with van der Waals surface area (Å²) < 4.78 is 5.18. The number of ether oxygens (including phenoxy) is 1. The minimum absolute atomic E-state index is 0.0949. The second-order valence-electron chi connectivity index (χ2n) is 9.29. The van der Waals surface area contributed by atoms with Crippen LogP contribution in [-0.2, 0) is 17.7 Å². The molecule has 0 aliphatic carbocycles. The molecule has 0 saturated heterocycles. The summed E-state index contributed by atoms with van der Waals surface area (Å²) in [6.07, 6.45) is 7.93. The van der Waals surface area contributed by atoms with Crippen molar-refractivity contribution in [3.05, 3.63) is 65.2 Å². The Morgan fingerprint density at radius 3 is 2.76 bits per heavy atom. The minimum Gasteiger partial charge on any atom is -0.446 e. The van der Waals surface area contributed by atoms with Gasteiger partial charge in [0.25, 0.3) is 5.91 Å². The van der Waals surface area contributed by atoms with Gasteiger partial charge in [0.2, 0.25) is 0 Å². The number of rotatable bonds is 9. The first-order chi connectivity index (χ1) is 15.9. The number of aromatic nitrogens is 1. The maximum Gasteiger partial charge on any atom is 0.410 e. The lowest BCUT2D eigenvalue weighted by molar-refractivity contribution is -0.00487. The Morgan fingerprint density at radius 1 is 1.41 bits per heavy atom. The summed E-state index contributed by atoms with van der Waals surface area (Å²) in [5.41, 5.74) is 2.80. The molecule has 1 unspecified atom stereocenters. The van der Waals surface area contributed by atoms with Gasteiger partial charge in [-0.1, -0.05) is 32.6 Å². The van der Waals surface area contributed by atoms with Crippen LogP contribution in [0.4, 0.5) is 4.79 Å². The van der Waals surface area contributed by atoms with Crippen LogP contribution in [0.3, 0.4) is 0 Å². The number of pyridine rings is 1. The quantitative estimate of drug-likeness (QED) is 0.372. The van der Waals surface area contributed by atoms with Crippen molar-refractivity contribution in [2.24, 2.45) is 5.92 Å². The number of nitrogens with zero attached hydrogens (tertiary/aromatic N) is 2. The van der Waals surface area contributed by atoms with Crippen LogP contribution in [0.1, 0.15) is 62.7 Å². The fourth-order valence-electron chi connectivity index (χ4n) is 3.29. The first-order valence-corrected chi connectivity index (χ1v) is 11.5. The number of aliphatic hydroxyl groups is 1. The molecule has 0 aromatic carbocycles. The molecule has 3 N–H and O–H groups in total. The van der Waals surface area contributed by atoms with Crippen LogP contribution in [0.5, 0.6) is 0 Å². The highest BCUT2D eigenvalue weighted by Gasteiger charge is 2.25. The lowest BCUT2D eigenvalue weighted by atomic mass is 9.97. The lowest BCUT2D eigenvalue weighted by Crippen LogP contribution is -2.39. The zero-order chi connectivity index (χ0) is 25.5. The Morgan fingerprint density at radius 2 is 2.12 bits per heavy atom. The molecular weight excluding hydrogens is 432 g/mol. The highest BCUT2D eigenvalue weighted by Crippen LogP contribution is 2.20. The van der Waals surface area contributed by atoms with Crippen molar-refractivity contribution >= 4 is 17.7 Å². The molecule has 2 heterocycles. The van der Waals surface area contributed by atoms with Crippen molar-refractivity contribution in [1.29, 1.82) is 5.41 Å². The van der Waals surface area contributed by atoms with Gasteiger partial charge >= 0.3 is 6.09 Å². The third-order valence-corrected chi connectivity index (χ3v) is 5.58. The number of nitrogens with one attached hydrogen (secondary N) is 2. The molecule has 0 fully saturated rings. The number of hydrogen-bond acceptors (Lipinski definition) is 6. The zero-order valence-electron chi connectivity index (χ0n) is 20.8. The lowest BCUT2D eigenvalue weighted by Gasteiger charge is -2.29. The van der Waals surface area contributed by atoms with E-state index in [0.717, 1.165) is 23.1 Å². The van der Waals surface area contributed by atoms with Crippen LogP contribution in [0.25, 0.3) is 0 Å². The van der Waals surface area contributed by atoms with E-state index < -0.39 is 17.6 Å². The summed E-state index contributed by atoms with van der Waals surface area (Å²) >= 11 is 0. The van der Waals surface area contributed by atoms with Crippen molar-refractivity contribution < 1.29 is 19.4 Å². The van der Waals surface area contributed by atoms with Crippen LogP contribution < -0.4 is 5.32 Å². The Labute approximate surface area is 201 Å². The topological polar surface area (TPSA) is 116 Å². The largest absolute Gasteiger partial charge is 0.446 e. The van der Waals surface area contributed by atoms with Crippen LogP contribution in [0.2, 0.25) is 0 Å². The SMILES string of the molecule is C=C(/C=C\C=C(/C)C(=N)C(C)CC)NC(=O)c1cc2c(cn1)CCN(C(=O)OCC(C)(C)O)C2. The molecule has 34 heavy (non-hydrogen) atoms. The molecule has 1 atom stereocenters. The molecule has 0 radical (unpaired) electrons. The number of amides is 2. The van der Waals surface area contributed by atoms with Crippen LogP contribution in [0, 0.1) is 11.3 Å². The van der Waals surface area contributed by atoms with Gasteiger partial charge in [-0.2, -0.15) is 0 Å². The number of carbonyl (C=O) groups excluding carboxylic acids is 2. The summed E-state index contributed by atoms with van der Waals surface area (Å²) in [5.74, 6) is -0.200. The molecule has 2 rings (SSSR count). The van der Waals surface area contributed by atoms with Gasteiger partial charge in [0.15, 0.2) is 0 Å². The van der Waals surface area contributed by atoms with Gasteiger partial charge < -0.3 is 25.5 Å². The monoisotopic (exact) mass is 468 g/mol. The Bertz CT molecular complexity index is 1000. The summed E-state index contributed by atoms with van der Waals surface area (Å²) in [4.78, 5) is 30.8. The molecule has 0 saturated carbocycles. The Balaban J connectivity index is 1.99. The molecule has 0 bridgehead atoms. The molecule has 8 heteroatoms. The maximum atomic E-state index is 12.7. The maximum absolute atomic E-state index is 12.7. The molecule has 0 spiro atoms. The fraction of sp³-hybridized carbons (Fsp3) is 0.462. The molecular formula is C26H36N4O4. The number of hydrogen-bond donors (Lipinski definition) is 3. The van der Waals surface area contributed by atoms with Crippen molar-refractivity contribution in [2.75, 3.05) is 13.2 Å². The molecule has 1 aliphatic heterocycles. The third kappa shape index (κ3) is 7.95. The van der Waals surface area contributed by atoms with Gasteiger partial charge in [-0.25, -0.2) is 4.79 Å². The third-order valence-electron chi connectivity index (χ3n) is 5.58. The summed E-state index contributed by atoms with van der Waals surface area (Å²) in [6, 6.07) is 1.68. The average molecular weight is 469 g/mol. The van der Waals surface area contributed by atoms with Gasteiger partial charge in [0.1, 0.15) is 12.3 Å². The highest BCUT2D eigenvalue weighted by atomic mass is 16.6. The van der Waals surface area contributed by atoms with Crippen molar-refractivity contribution in [3.63, 3.8) is 0 Å². The van der Waals surface area contributed by atoms with Crippen LogP contribution in [0.15, 0.2) is 48.3 Å². The number of allylic oxidation sites excluding steroid dienone is 4. The highest BCUT2D eigenvalue weighted by molar-refractivity contribution is 5.99. The van der Waals surface area contributed by atoms with E-state index in [1.165, 1.54) is 0 Å². The van der Waals surface area contributed by atoms with E-state index in [-0.39, 0.29) is 18.2 Å². The summed E-state index contributed by atoms with van der Waals surface area (Å²) in [6.45, 7) is 13.6. The van der Waals surface area contributed by atoms with Gasteiger partial charge in [0, 0.05) is 30.7 Å². The molecule has 8 nitrogen and oxygen atoms in total. The van der Waals surface area contributed by atoms with E-state index in [2.05, 4.69) is 23.8 Å². The smallest absolute Gasteiger partial charge is 0.410 e. The average Bonchev–Trinajstić information content (AvgIpc) is 2.79. The van der Waals surface area contributed by atoms with Gasteiger partial charge in [-0.15, -0.1) is 0 Å². The predicted molar refractivity (Wildman–Crippen MR) is 133 cm³/mol. The van der Waals surface area contributed by atoms with Crippen molar-refractivity contribution in [3.8, 4) is 0 Å². The second kappa shape index (κ2) is 11.7. The van der Waals surface area contributed by atoms with Crippen LogP contribution in [-0.4, -0.2) is 51.5 Å². The van der Waals surface area contributed by atoms with E-state index >= 15 is 0 Å². The zero-order valence-corrected chi connectivity index (χ0v) is 20.8. The Kier molecular flexibility index (Phi) is 9.32. The van der Waals surface area contributed by atoms with Gasteiger partial charge in [-0.3, -0.25) is 9.78 Å². The Hall–Kier alpha value is -3.26. The standard InChI is InChI=1S/C26H36N4O4/c1-7-17(2)23(27)18(3)9-8-10-19(4)29-24(31)22-13-21-15-30(12-11-20(21)14-28-22)25(32)34-16-26(5,6)33/h8-10,13-14,17,27,33H,4,7,11-12,15-16H2,1-3,5-6H3,(H,29,31)/b10-8-,18-9+,27-23?. The van der Waals surface area contributed by atoms with E-state index in [4.69, 9.17) is 10.1 Å². The van der Waals surface area contributed by atoms with E-state index in [1.807, 2.05) is 19.9 Å². The number of carbonyl (C=O) groups is 2. The summed E-state index contributed by atoms with van der Waals surface area (Å²) in [7, 11) is 0. The normalized spacial score (nSPS) is 15.0. The number of fused-ring (bicyclic) bond motifs is 1. The van der Waals surface area contributed by atoms with Crippen molar-refractivity contribution in [2.45, 2.75) is 59.6 Å². The van der Waals surface area contributed by atoms with Crippen LogP contribution >= 0.6 is 0 Å². The first-order valence-electron chi connectivity index (χ1n) is 11.5. The predicted octanol–water partition coefficient (Wildman–Crippen LogP) is 4.16. The van der Waals surface area contributed by atoms with Gasteiger partial charge in [-0.05, 0) is 68.4 Å². The van der Waals surface area contributed by atoms with Crippen molar-refractivity contribution in [1.82, 2.24) is 15.2 Å². The fourth-order valence-corrected chi connectivity index (χ4v) is 3.29. The molecule has 184 valence electrons. The van der Waals surface area contributed by atoms with E-state index in [1.54, 1.807) is 43.2 Å². The second-order valence-corrected chi connectivity index (χ2v) is 9.29. The minimum atomic E-state index is -1.10.